The van der Waals surface area contributed by atoms with Crippen molar-refractivity contribution in [1.29, 1.82) is 0 Å². The molecule has 2 rings (SSSR count). The minimum absolute atomic E-state index is 0.0139. The van der Waals surface area contributed by atoms with Crippen molar-refractivity contribution in [3.05, 3.63) is 29.8 Å². The third-order valence-corrected chi connectivity index (χ3v) is 4.13. The van der Waals surface area contributed by atoms with E-state index in [1.54, 1.807) is 0 Å². The molecule has 0 unspecified atom stereocenters. The molecule has 1 saturated heterocycles. The van der Waals surface area contributed by atoms with Gasteiger partial charge in [-0.05, 0) is 50.0 Å². The zero-order valence-corrected chi connectivity index (χ0v) is 14.9. The van der Waals surface area contributed by atoms with Crippen LogP contribution in [0.1, 0.15) is 31.2 Å². The number of aliphatic hydroxyl groups is 1. The van der Waals surface area contributed by atoms with Crippen molar-refractivity contribution < 1.29 is 19.4 Å². The average molecular weight is 350 g/mol. The minimum atomic E-state index is -0.169. The van der Waals surface area contributed by atoms with Gasteiger partial charge in [-0.15, -0.1) is 0 Å². The number of ether oxygens (including phenoxy) is 2. The average Bonchev–Trinajstić information content (AvgIpc) is 2.63. The Morgan fingerprint density at radius 2 is 2.04 bits per heavy atom. The Kier molecular flexibility index (Phi) is 9.33. The van der Waals surface area contributed by atoms with E-state index >= 15 is 0 Å². The Morgan fingerprint density at radius 1 is 1.20 bits per heavy atom. The molecule has 1 aliphatic rings. The predicted molar refractivity (Wildman–Crippen MR) is 96.6 cm³/mol. The maximum atomic E-state index is 11.4. The van der Waals surface area contributed by atoms with Crippen molar-refractivity contribution in [2.24, 2.45) is 0 Å². The van der Waals surface area contributed by atoms with E-state index in [-0.39, 0.29) is 25.7 Å². The number of hydrogen-bond donors (Lipinski definition) is 2. The second kappa shape index (κ2) is 11.8. The molecule has 1 aromatic rings. The van der Waals surface area contributed by atoms with Crippen LogP contribution in [0.25, 0.3) is 0 Å². The van der Waals surface area contributed by atoms with Crippen molar-refractivity contribution in [1.82, 2.24) is 10.2 Å². The van der Waals surface area contributed by atoms with E-state index in [0.717, 1.165) is 18.7 Å². The molecule has 0 saturated carbocycles. The quantitative estimate of drug-likeness (QED) is 0.593. The van der Waals surface area contributed by atoms with Crippen LogP contribution in [0, 0.1) is 0 Å². The number of aliphatic hydroxyl groups excluding tert-OH is 1. The molecule has 6 nitrogen and oxygen atoms in total. The van der Waals surface area contributed by atoms with Crippen molar-refractivity contribution in [2.75, 3.05) is 46.1 Å². The predicted octanol–water partition coefficient (Wildman–Crippen LogP) is 1.57. The van der Waals surface area contributed by atoms with Gasteiger partial charge in [-0.25, -0.2) is 0 Å². The van der Waals surface area contributed by atoms with Crippen LogP contribution in [0.3, 0.4) is 0 Å². The first kappa shape index (κ1) is 19.7. The van der Waals surface area contributed by atoms with Gasteiger partial charge >= 0.3 is 0 Å². The van der Waals surface area contributed by atoms with Gasteiger partial charge in [0.1, 0.15) is 12.4 Å². The number of piperidine rings is 1. The van der Waals surface area contributed by atoms with Gasteiger partial charge in [-0.2, -0.15) is 0 Å². The molecule has 1 aliphatic heterocycles. The van der Waals surface area contributed by atoms with E-state index in [9.17, 15) is 4.79 Å². The molecule has 0 radical (unpaired) electrons. The third kappa shape index (κ3) is 8.34. The first-order valence-corrected chi connectivity index (χ1v) is 9.17. The number of hydrogen-bond acceptors (Lipinski definition) is 5. The Bertz CT molecular complexity index is 504. The molecule has 1 amide bonds. The first-order valence-electron chi connectivity index (χ1n) is 9.17. The van der Waals surface area contributed by atoms with Crippen molar-refractivity contribution in [3.63, 3.8) is 0 Å². The lowest BCUT2D eigenvalue weighted by molar-refractivity contribution is -0.125. The van der Waals surface area contributed by atoms with E-state index in [4.69, 9.17) is 14.6 Å². The lowest BCUT2D eigenvalue weighted by atomic mass is 10.1. The number of nitrogens with one attached hydrogen (secondary N) is 1. The third-order valence-electron chi connectivity index (χ3n) is 4.13. The largest absolute Gasteiger partial charge is 0.494 e. The molecule has 0 spiro atoms. The van der Waals surface area contributed by atoms with Crippen LogP contribution in [-0.2, 0) is 16.1 Å². The van der Waals surface area contributed by atoms with Gasteiger partial charge in [0.2, 0.25) is 5.91 Å². The lowest BCUT2D eigenvalue weighted by Crippen LogP contribution is -2.29. The summed E-state index contributed by atoms with van der Waals surface area (Å²) >= 11 is 0. The van der Waals surface area contributed by atoms with E-state index in [2.05, 4.69) is 22.3 Å². The topological polar surface area (TPSA) is 71.0 Å². The summed E-state index contributed by atoms with van der Waals surface area (Å²) in [5.41, 5.74) is 1.29. The molecule has 1 heterocycles. The normalized spacial score (nSPS) is 15.1. The zero-order chi connectivity index (χ0) is 17.7. The minimum Gasteiger partial charge on any atom is -0.494 e. The Hall–Kier alpha value is -1.63. The highest BCUT2D eigenvalue weighted by atomic mass is 16.5. The summed E-state index contributed by atoms with van der Waals surface area (Å²) in [4.78, 5) is 13.9. The van der Waals surface area contributed by atoms with Gasteiger partial charge < -0.3 is 19.9 Å². The number of benzene rings is 1. The molecule has 0 atom stereocenters. The zero-order valence-electron chi connectivity index (χ0n) is 14.9. The molecule has 1 fully saturated rings. The number of nitrogens with zero attached hydrogens (tertiary/aromatic N) is 1. The lowest BCUT2D eigenvalue weighted by Gasteiger charge is -2.26. The molecular formula is C19H30N2O4. The summed E-state index contributed by atoms with van der Waals surface area (Å²) in [6.45, 7) is 4.57. The highest BCUT2D eigenvalue weighted by molar-refractivity contribution is 5.77. The van der Waals surface area contributed by atoms with Crippen molar-refractivity contribution >= 4 is 5.91 Å². The molecule has 0 aliphatic carbocycles. The van der Waals surface area contributed by atoms with Crippen LogP contribution >= 0.6 is 0 Å². The smallest absolute Gasteiger partial charge is 0.246 e. The van der Waals surface area contributed by atoms with Crippen molar-refractivity contribution in [2.45, 2.75) is 32.2 Å². The summed E-state index contributed by atoms with van der Waals surface area (Å²) in [6.07, 6.45) is 4.69. The number of rotatable bonds is 11. The second-order valence-corrected chi connectivity index (χ2v) is 6.31. The van der Waals surface area contributed by atoms with E-state index < -0.39 is 0 Å². The second-order valence-electron chi connectivity index (χ2n) is 6.31. The first-order chi connectivity index (χ1) is 12.3. The summed E-state index contributed by atoms with van der Waals surface area (Å²) in [5, 5.41) is 11.3. The Balaban J connectivity index is 1.60. The van der Waals surface area contributed by atoms with Gasteiger partial charge in [-0.1, -0.05) is 18.6 Å². The monoisotopic (exact) mass is 350 g/mol. The van der Waals surface area contributed by atoms with Gasteiger partial charge in [0, 0.05) is 13.1 Å². The fourth-order valence-electron chi connectivity index (χ4n) is 2.88. The van der Waals surface area contributed by atoms with Gasteiger partial charge in [0.05, 0.1) is 19.8 Å². The van der Waals surface area contributed by atoms with Gasteiger partial charge in [0.15, 0.2) is 0 Å². The van der Waals surface area contributed by atoms with E-state index in [1.165, 1.54) is 37.9 Å². The van der Waals surface area contributed by atoms with Crippen LogP contribution in [0.5, 0.6) is 5.75 Å². The number of likely N-dealkylation sites (tertiary alicyclic amines) is 1. The van der Waals surface area contributed by atoms with Crippen LogP contribution in [0.2, 0.25) is 0 Å². The SMILES string of the molecule is O=C(COCCO)NCCCOc1cccc(CN2CCCCC2)c1. The van der Waals surface area contributed by atoms with Gasteiger partial charge in [0.25, 0.3) is 0 Å². The van der Waals surface area contributed by atoms with Gasteiger partial charge in [-0.3, -0.25) is 9.69 Å². The molecule has 1 aromatic carbocycles. The van der Waals surface area contributed by atoms with Crippen LogP contribution in [0.4, 0.5) is 0 Å². The summed E-state index contributed by atoms with van der Waals surface area (Å²) in [7, 11) is 0. The maximum Gasteiger partial charge on any atom is 0.246 e. The molecule has 140 valence electrons. The summed E-state index contributed by atoms with van der Waals surface area (Å²) in [6, 6.07) is 8.26. The Labute approximate surface area is 150 Å². The number of carbonyl (C=O) groups is 1. The van der Waals surface area contributed by atoms with Crippen LogP contribution in [0.15, 0.2) is 24.3 Å². The highest BCUT2D eigenvalue weighted by Crippen LogP contribution is 2.17. The number of amides is 1. The van der Waals surface area contributed by atoms with Crippen LogP contribution < -0.4 is 10.1 Å². The summed E-state index contributed by atoms with van der Waals surface area (Å²) in [5.74, 6) is 0.712. The molecule has 0 aromatic heterocycles. The fraction of sp³-hybridized carbons (Fsp3) is 0.632. The van der Waals surface area contributed by atoms with E-state index in [1.807, 2.05) is 12.1 Å². The fourth-order valence-corrected chi connectivity index (χ4v) is 2.88. The highest BCUT2D eigenvalue weighted by Gasteiger charge is 2.10. The summed E-state index contributed by atoms with van der Waals surface area (Å²) < 4.78 is 10.7. The number of carbonyl (C=O) groups excluding carboxylic acids is 1. The van der Waals surface area contributed by atoms with E-state index in [0.29, 0.717) is 13.2 Å². The van der Waals surface area contributed by atoms with Crippen molar-refractivity contribution in [3.8, 4) is 5.75 Å². The maximum absolute atomic E-state index is 11.4. The molecule has 2 N–H and O–H groups in total. The molecule has 25 heavy (non-hydrogen) atoms. The standard InChI is InChI=1S/C19H30N2O4/c22-11-13-24-16-19(23)20-8-5-12-25-18-7-4-6-17(14-18)15-21-9-2-1-3-10-21/h4,6-7,14,22H,1-3,5,8-13,15-16H2,(H,20,23). The Morgan fingerprint density at radius 3 is 2.84 bits per heavy atom. The molecule has 0 bridgehead atoms. The van der Waals surface area contributed by atoms with Crippen LogP contribution in [-0.4, -0.2) is 62.0 Å². The molecular weight excluding hydrogens is 320 g/mol. The molecule has 6 heteroatoms.